The summed E-state index contributed by atoms with van der Waals surface area (Å²) in [5, 5.41) is 9.29. The molecular weight excluding hydrogens is 176 g/mol. The third kappa shape index (κ3) is 3.95. The van der Waals surface area contributed by atoms with Crippen LogP contribution in [-0.4, -0.2) is 41.8 Å². The number of likely N-dealkylation sites (N-methyl/N-ethyl adjacent to an activating group) is 1. The van der Waals surface area contributed by atoms with E-state index in [1.807, 2.05) is 0 Å². The van der Waals surface area contributed by atoms with Crippen LogP contribution in [0.15, 0.2) is 0 Å². The molecule has 0 saturated heterocycles. The fourth-order valence-electron chi connectivity index (χ4n) is 1.79. The summed E-state index contributed by atoms with van der Waals surface area (Å²) < 4.78 is 0. The van der Waals surface area contributed by atoms with Crippen molar-refractivity contribution in [2.75, 3.05) is 13.7 Å². The Kier molecular flexibility index (Phi) is 7.15. The SMILES string of the molecule is CCCC(C)N(C)C(CO)C(N)CC. The molecule has 3 unspecified atom stereocenters. The summed E-state index contributed by atoms with van der Waals surface area (Å²) in [4.78, 5) is 2.21. The molecule has 0 aromatic carbocycles. The van der Waals surface area contributed by atoms with E-state index in [2.05, 4.69) is 32.7 Å². The molecule has 3 nitrogen and oxygen atoms in total. The monoisotopic (exact) mass is 202 g/mol. The number of nitrogens with two attached hydrogens (primary N) is 1. The van der Waals surface area contributed by atoms with Crippen LogP contribution in [0.2, 0.25) is 0 Å². The predicted octanol–water partition coefficient (Wildman–Crippen LogP) is 1.21. The fraction of sp³-hybridized carbons (Fsp3) is 1.00. The summed E-state index contributed by atoms with van der Waals surface area (Å²) in [6.45, 7) is 6.58. The van der Waals surface area contributed by atoms with Crippen LogP contribution in [0.4, 0.5) is 0 Å². The Balaban J connectivity index is 4.21. The molecule has 0 amide bonds. The van der Waals surface area contributed by atoms with Crippen molar-refractivity contribution in [3.05, 3.63) is 0 Å². The van der Waals surface area contributed by atoms with Crippen LogP contribution in [0, 0.1) is 0 Å². The van der Waals surface area contributed by atoms with Crippen LogP contribution in [-0.2, 0) is 0 Å². The van der Waals surface area contributed by atoms with E-state index < -0.39 is 0 Å². The van der Waals surface area contributed by atoms with Gasteiger partial charge < -0.3 is 10.8 Å². The number of aliphatic hydroxyl groups excluding tert-OH is 1. The summed E-state index contributed by atoms with van der Waals surface area (Å²) in [6, 6.07) is 0.667. The van der Waals surface area contributed by atoms with Gasteiger partial charge in [0.1, 0.15) is 0 Å². The molecule has 0 aliphatic rings. The summed E-state index contributed by atoms with van der Waals surface area (Å²) in [5.41, 5.74) is 5.96. The molecule has 0 aliphatic carbocycles. The molecule has 0 rings (SSSR count). The average molecular weight is 202 g/mol. The molecule has 0 aliphatic heterocycles. The fourth-order valence-corrected chi connectivity index (χ4v) is 1.79. The second-order valence-corrected chi connectivity index (χ2v) is 4.13. The third-order valence-corrected chi connectivity index (χ3v) is 3.08. The zero-order valence-electron chi connectivity index (χ0n) is 10.0. The Morgan fingerprint density at radius 2 is 1.93 bits per heavy atom. The van der Waals surface area contributed by atoms with Crippen molar-refractivity contribution in [1.29, 1.82) is 0 Å². The molecule has 0 fully saturated rings. The minimum atomic E-state index is 0.0734. The molecule has 3 atom stereocenters. The number of nitrogens with zero attached hydrogens (tertiary/aromatic N) is 1. The molecule has 3 N–H and O–H groups in total. The van der Waals surface area contributed by atoms with Crippen molar-refractivity contribution in [3.63, 3.8) is 0 Å². The second kappa shape index (κ2) is 7.21. The molecule has 0 saturated carbocycles. The lowest BCUT2D eigenvalue weighted by Crippen LogP contribution is -2.51. The standard InChI is InChI=1S/C11H26N2O/c1-5-7-9(3)13(4)11(8-14)10(12)6-2/h9-11,14H,5-8,12H2,1-4H3. The lowest BCUT2D eigenvalue weighted by atomic mass is 10.0. The second-order valence-electron chi connectivity index (χ2n) is 4.13. The van der Waals surface area contributed by atoms with Gasteiger partial charge in [-0.05, 0) is 26.8 Å². The molecule has 14 heavy (non-hydrogen) atoms. The van der Waals surface area contributed by atoms with E-state index in [-0.39, 0.29) is 18.7 Å². The first kappa shape index (κ1) is 13.9. The summed E-state index contributed by atoms with van der Waals surface area (Å²) in [7, 11) is 2.05. The zero-order chi connectivity index (χ0) is 11.1. The van der Waals surface area contributed by atoms with Gasteiger partial charge in [-0.3, -0.25) is 4.90 Å². The van der Waals surface area contributed by atoms with Crippen LogP contribution in [0.25, 0.3) is 0 Å². The van der Waals surface area contributed by atoms with E-state index in [4.69, 9.17) is 5.73 Å². The summed E-state index contributed by atoms with van der Waals surface area (Å²) in [6.07, 6.45) is 3.24. The van der Waals surface area contributed by atoms with Gasteiger partial charge in [-0.1, -0.05) is 20.3 Å². The van der Waals surface area contributed by atoms with Crippen LogP contribution in [0.5, 0.6) is 0 Å². The normalized spacial score (nSPS) is 18.2. The largest absolute Gasteiger partial charge is 0.395 e. The molecule has 0 aromatic heterocycles. The Morgan fingerprint density at radius 1 is 1.36 bits per heavy atom. The first-order valence-corrected chi connectivity index (χ1v) is 5.66. The Labute approximate surface area is 88.3 Å². The number of hydrogen-bond acceptors (Lipinski definition) is 3. The number of aliphatic hydroxyl groups is 1. The van der Waals surface area contributed by atoms with Crippen molar-refractivity contribution < 1.29 is 5.11 Å². The summed E-state index contributed by atoms with van der Waals surface area (Å²) in [5.74, 6) is 0. The minimum absolute atomic E-state index is 0.0734. The van der Waals surface area contributed by atoms with Crippen molar-refractivity contribution in [3.8, 4) is 0 Å². The van der Waals surface area contributed by atoms with Crippen LogP contribution >= 0.6 is 0 Å². The molecule has 0 radical (unpaired) electrons. The molecule has 0 spiro atoms. The highest BCUT2D eigenvalue weighted by Gasteiger charge is 2.23. The first-order valence-electron chi connectivity index (χ1n) is 5.66. The Hall–Kier alpha value is -0.120. The van der Waals surface area contributed by atoms with Gasteiger partial charge in [-0.25, -0.2) is 0 Å². The van der Waals surface area contributed by atoms with Gasteiger partial charge in [-0.2, -0.15) is 0 Å². The van der Waals surface area contributed by atoms with Crippen LogP contribution in [0.3, 0.4) is 0 Å². The maximum absolute atomic E-state index is 9.29. The van der Waals surface area contributed by atoms with E-state index in [9.17, 15) is 5.11 Å². The maximum atomic E-state index is 9.29. The van der Waals surface area contributed by atoms with Crippen molar-refractivity contribution in [1.82, 2.24) is 4.90 Å². The van der Waals surface area contributed by atoms with E-state index >= 15 is 0 Å². The lowest BCUT2D eigenvalue weighted by Gasteiger charge is -2.35. The first-order chi connectivity index (χ1) is 6.58. The zero-order valence-corrected chi connectivity index (χ0v) is 10.0. The highest BCUT2D eigenvalue weighted by molar-refractivity contribution is 4.81. The average Bonchev–Trinajstić information content (AvgIpc) is 2.18. The highest BCUT2D eigenvalue weighted by atomic mass is 16.3. The Bertz CT molecular complexity index is 141. The Morgan fingerprint density at radius 3 is 2.29 bits per heavy atom. The third-order valence-electron chi connectivity index (χ3n) is 3.08. The lowest BCUT2D eigenvalue weighted by molar-refractivity contribution is 0.0920. The van der Waals surface area contributed by atoms with Gasteiger partial charge in [0.15, 0.2) is 0 Å². The van der Waals surface area contributed by atoms with Gasteiger partial charge in [0, 0.05) is 18.1 Å². The van der Waals surface area contributed by atoms with E-state index in [0.29, 0.717) is 6.04 Å². The van der Waals surface area contributed by atoms with E-state index in [0.717, 1.165) is 12.8 Å². The van der Waals surface area contributed by atoms with Gasteiger partial charge >= 0.3 is 0 Å². The van der Waals surface area contributed by atoms with E-state index in [1.165, 1.54) is 6.42 Å². The summed E-state index contributed by atoms with van der Waals surface area (Å²) >= 11 is 0. The molecule has 0 aromatic rings. The van der Waals surface area contributed by atoms with Crippen molar-refractivity contribution >= 4 is 0 Å². The van der Waals surface area contributed by atoms with Crippen molar-refractivity contribution in [2.24, 2.45) is 5.73 Å². The molecular formula is C11H26N2O. The topological polar surface area (TPSA) is 49.5 Å². The highest BCUT2D eigenvalue weighted by Crippen LogP contribution is 2.11. The van der Waals surface area contributed by atoms with Crippen molar-refractivity contribution in [2.45, 2.75) is 58.2 Å². The van der Waals surface area contributed by atoms with Crippen LogP contribution in [0.1, 0.15) is 40.0 Å². The molecule has 86 valence electrons. The maximum Gasteiger partial charge on any atom is 0.0601 e. The minimum Gasteiger partial charge on any atom is -0.395 e. The molecule has 3 heteroatoms. The van der Waals surface area contributed by atoms with Gasteiger partial charge in [0.2, 0.25) is 0 Å². The van der Waals surface area contributed by atoms with Gasteiger partial charge in [0.05, 0.1) is 6.61 Å². The van der Waals surface area contributed by atoms with E-state index in [1.54, 1.807) is 0 Å². The van der Waals surface area contributed by atoms with Gasteiger partial charge in [-0.15, -0.1) is 0 Å². The number of hydrogen-bond donors (Lipinski definition) is 2. The quantitative estimate of drug-likeness (QED) is 0.652. The van der Waals surface area contributed by atoms with Crippen LogP contribution < -0.4 is 5.73 Å². The molecule has 0 bridgehead atoms. The predicted molar refractivity (Wildman–Crippen MR) is 61.3 cm³/mol. The number of rotatable bonds is 7. The smallest absolute Gasteiger partial charge is 0.0601 e. The molecule has 0 heterocycles. The van der Waals surface area contributed by atoms with Gasteiger partial charge in [0.25, 0.3) is 0 Å².